The highest BCUT2D eigenvalue weighted by Gasteiger charge is 2.06. The number of methoxy groups -OCH3 is 1. The van der Waals surface area contributed by atoms with E-state index in [2.05, 4.69) is 28.8 Å². The molecule has 0 aliphatic heterocycles. The first kappa shape index (κ1) is 23.7. The maximum absolute atomic E-state index is 11.9. The number of hydrogen-bond donors (Lipinski definition) is 2. The molecular weight excluding hydrogens is 418 g/mol. The highest BCUT2D eigenvalue weighted by atomic mass is 16.5. The molecule has 7 heteroatoms. The Balaban J connectivity index is 1.44. The van der Waals surface area contributed by atoms with Crippen molar-refractivity contribution < 1.29 is 19.0 Å². The first-order valence-corrected chi connectivity index (χ1v) is 10.7. The molecule has 0 aliphatic rings. The minimum Gasteiger partial charge on any atom is -0.493 e. The zero-order valence-electron chi connectivity index (χ0n) is 19.1. The number of benzene rings is 3. The number of hydrogen-bond acceptors (Lipinski definition) is 5. The molecule has 2 amide bonds. The summed E-state index contributed by atoms with van der Waals surface area (Å²) < 4.78 is 17.1. The number of anilines is 1. The summed E-state index contributed by atoms with van der Waals surface area (Å²) in [4.78, 5) is 11.9. The lowest BCUT2D eigenvalue weighted by molar-refractivity contribution is 0.239. The summed E-state index contributed by atoms with van der Waals surface area (Å²) in [6, 6.07) is 20.3. The van der Waals surface area contributed by atoms with E-state index in [9.17, 15) is 4.79 Å². The van der Waals surface area contributed by atoms with E-state index in [4.69, 9.17) is 14.2 Å². The van der Waals surface area contributed by atoms with Crippen molar-refractivity contribution in [3.63, 3.8) is 0 Å². The van der Waals surface area contributed by atoms with Crippen LogP contribution in [0.5, 0.6) is 17.2 Å². The van der Waals surface area contributed by atoms with E-state index in [0.29, 0.717) is 30.4 Å². The SMILES string of the molecule is COc1cc(C=NNC(=O)Nc2ccccc2)ccc1OCCCOc1ccc(C)cc1C. The second-order valence-electron chi connectivity index (χ2n) is 7.42. The van der Waals surface area contributed by atoms with Gasteiger partial charge >= 0.3 is 6.03 Å². The van der Waals surface area contributed by atoms with Crippen molar-refractivity contribution >= 4 is 17.9 Å². The molecule has 0 saturated heterocycles. The summed E-state index contributed by atoms with van der Waals surface area (Å²) in [5.74, 6) is 2.12. The van der Waals surface area contributed by atoms with Crippen molar-refractivity contribution in [2.45, 2.75) is 20.3 Å². The average Bonchev–Trinajstić information content (AvgIpc) is 2.81. The number of aryl methyl sites for hydroxylation is 2. The molecule has 0 aromatic heterocycles. The number of para-hydroxylation sites is 1. The van der Waals surface area contributed by atoms with Crippen LogP contribution in [0.1, 0.15) is 23.1 Å². The van der Waals surface area contributed by atoms with Gasteiger partial charge in [-0.1, -0.05) is 35.9 Å². The van der Waals surface area contributed by atoms with E-state index in [1.165, 1.54) is 11.8 Å². The maximum Gasteiger partial charge on any atom is 0.339 e. The predicted molar refractivity (Wildman–Crippen MR) is 131 cm³/mol. The Kier molecular flexibility index (Phi) is 8.71. The Morgan fingerprint density at radius 2 is 1.64 bits per heavy atom. The van der Waals surface area contributed by atoms with Gasteiger partial charge in [0.05, 0.1) is 26.5 Å². The molecule has 0 spiro atoms. The summed E-state index contributed by atoms with van der Waals surface area (Å²) in [7, 11) is 1.58. The minimum atomic E-state index is -0.424. The van der Waals surface area contributed by atoms with Gasteiger partial charge in [0.2, 0.25) is 0 Å². The number of nitrogens with zero attached hydrogens (tertiary/aromatic N) is 1. The molecule has 0 unspecified atom stereocenters. The molecule has 0 heterocycles. The van der Waals surface area contributed by atoms with Gasteiger partial charge in [-0.15, -0.1) is 0 Å². The van der Waals surface area contributed by atoms with E-state index < -0.39 is 6.03 Å². The number of ether oxygens (including phenoxy) is 3. The second kappa shape index (κ2) is 12.1. The fraction of sp³-hybridized carbons (Fsp3) is 0.231. The third-order valence-corrected chi connectivity index (χ3v) is 4.73. The number of hydrazone groups is 1. The third-order valence-electron chi connectivity index (χ3n) is 4.73. The molecule has 0 aliphatic carbocycles. The zero-order valence-corrected chi connectivity index (χ0v) is 19.1. The molecule has 0 bridgehead atoms. The summed E-state index contributed by atoms with van der Waals surface area (Å²) in [6.07, 6.45) is 2.27. The zero-order chi connectivity index (χ0) is 23.5. The van der Waals surface area contributed by atoms with Gasteiger partial charge in [0.15, 0.2) is 11.5 Å². The molecule has 0 saturated carbocycles. The van der Waals surface area contributed by atoms with Gasteiger partial charge in [-0.3, -0.25) is 0 Å². The Morgan fingerprint density at radius 3 is 2.36 bits per heavy atom. The van der Waals surface area contributed by atoms with Gasteiger partial charge in [0.25, 0.3) is 0 Å². The predicted octanol–water partition coefficient (Wildman–Crippen LogP) is 5.32. The van der Waals surface area contributed by atoms with E-state index in [0.717, 1.165) is 23.3 Å². The van der Waals surface area contributed by atoms with Crippen molar-refractivity contribution in [3.05, 3.63) is 83.4 Å². The topological polar surface area (TPSA) is 81.2 Å². The van der Waals surface area contributed by atoms with Crippen LogP contribution in [0.2, 0.25) is 0 Å². The van der Waals surface area contributed by atoms with Crippen molar-refractivity contribution in [3.8, 4) is 17.2 Å². The summed E-state index contributed by atoms with van der Waals surface area (Å²) in [6.45, 7) is 5.16. The van der Waals surface area contributed by atoms with Gasteiger partial charge < -0.3 is 19.5 Å². The standard InChI is InChI=1S/C26H29N3O4/c1-19-10-12-23(20(2)16-19)32-14-7-15-33-24-13-11-21(17-25(24)31-3)18-27-29-26(30)28-22-8-5-4-6-9-22/h4-6,8-13,16-18H,7,14-15H2,1-3H3,(H2,28,29,30). The van der Waals surface area contributed by atoms with Gasteiger partial charge in [-0.25, -0.2) is 10.2 Å². The molecule has 0 atom stereocenters. The van der Waals surface area contributed by atoms with Gasteiger partial charge in [-0.2, -0.15) is 5.10 Å². The second-order valence-corrected chi connectivity index (χ2v) is 7.42. The van der Waals surface area contributed by atoms with Crippen LogP contribution < -0.4 is 25.0 Å². The normalized spacial score (nSPS) is 10.6. The minimum absolute atomic E-state index is 0.424. The van der Waals surface area contributed by atoms with Crippen molar-refractivity contribution in [2.24, 2.45) is 5.10 Å². The monoisotopic (exact) mass is 447 g/mol. The number of rotatable bonds is 10. The van der Waals surface area contributed by atoms with Crippen LogP contribution in [0.3, 0.4) is 0 Å². The maximum atomic E-state index is 11.9. The highest BCUT2D eigenvalue weighted by molar-refractivity contribution is 5.90. The Bertz CT molecular complexity index is 1080. The van der Waals surface area contributed by atoms with Crippen LogP contribution in [-0.2, 0) is 0 Å². The van der Waals surface area contributed by atoms with Crippen molar-refractivity contribution in [1.29, 1.82) is 0 Å². The van der Waals surface area contributed by atoms with Crippen molar-refractivity contribution in [2.75, 3.05) is 25.6 Å². The van der Waals surface area contributed by atoms with E-state index in [1.807, 2.05) is 49.4 Å². The number of carbonyl (C=O) groups excluding carboxylic acids is 1. The summed E-state index contributed by atoms with van der Waals surface area (Å²) in [5.41, 5.74) is 6.23. The Morgan fingerprint density at radius 1 is 0.909 bits per heavy atom. The highest BCUT2D eigenvalue weighted by Crippen LogP contribution is 2.27. The van der Waals surface area contributed by atoms with Crippen LogP contribution in [-0.4, -0.2) is 32.6 Å². The Labute approximate surface area is 194 Å². The number of amides is 2. The smallest absolute Gasteiger partial charge is 0.339 e. The molecular formula is C26H29N3O4. The lowest BCUT2D eigenvalue weighted by atomic mass is 10.1. The first-order chi connectivity index (χ1) is 16.0. The fourth-order valence-electron chi connectivity index (χ4n) is 3.11. The number of carbonyl (C=O) groups is 1. The molecule has 3 aromatic rings. The van der Waals surface area contributed by atoms with Gasteiger partial charge in [0.1, 0.15) is 5.75 Å². The van der Waals surface area contributed by atoms with Crippen LogP contribution in [0.4, 0.5) is 10.5 Å². The number of nitrogens with one attached hydrogen (secondary N) is 2. The molecule has 0 fully saturated rings. The molecule has 7 nitrogen and oxygen atoms in total. The largest absolute Gasteiger partial charge is 0.493 e. The van der Waals surface area contributed by atoms with E-state index >= 15 is 0 Å². The quantitative estimate of drug-likeness (QED) is 0.251. The molecule has 172 valence electrons. The lowest BCUT2D eigenvalue weighted by Crippen LogP contribution is -2.24. The van der Waals surface area contributed by atoms with Crippen LogP contribution in [0.15, 0.2) is 71.8 Å². The Hall–Kier alpha value is -4.00. The molecule has 2 N–H and O–H groups in total. The third kappa shape index (κ3) is 7.57. The molecule has 0 radical (unpaired) electrons. The first-order valence-electron chi connectivity index (χ1n) is 10.7. The summed E-state index contributed by atoms with van der Waals surface area (Å²) >= 11 is 0. The van der Waals surface area contributed by atoms with Gasteiger partial charge in [0, 0.05) is 12.1 Å². The van der Waals surface area contributed by atoms with Crippen LogP contribution >= 0.6 is 0 Å². The number of urea groups is 1. The van der Waals surface area contributed by atoms with Crippen LogP contribution in [0, 0.1) is 13.8 Å². The fourth-order valence-corrected chi connectivity index (χ4v) is 3.11. The molecule has 3 aromatic carbocycles. The molecule has 33 heavy (non-hydrogen) atoms. The lowest BCUT2D eigenvalue weighted by Gasteiger charge is -2.12. The summed E-state index contributed by atoms with van der Waals surface area (Å²) in [5, 5.41) is 6.66. The van der Waals surface area contributed by atoms with E-state index in [-0.39, 0.29) is 0 Å². The van der Waals surface area contributed by atoms with Crippen molar-refractivity contribution in [1.82, 2.24) is 5.43 Å². The van der Waals surface area contributed by atoms with Gasteiger partial charge in [-0.05, 0) is 61.4 Å². The van der Waals surface area contributed by atoms with Crippen LogP contribution in [0.25, 0.3) is 0 Å². The van der Waals surface area contributed by atoms with E-state index in [1.54, 1.807) is 25.3 Å². The molecule has 3 rings (SSSR count). The average molecular weight is 448 g/mol.